The molecule has 1 atom stereocenters. The molecule has 1 aromatic heterocycles. The van der Waals surface area contributed by atoms with Crippen molar-refractivity contribution < 1.29 is 14.7 Å². The first-order valence-corrected chi connectivity index (χ1v) is 7.50. The second-order valence-corrected chi connectivity index (χ2v) is 5.60. The average molecular weight is 315 g/mol. The van der Waals surface area contributed by atoms with Crippen molar-refractivity contribution in [3.8, 4) is 0 Å². The molecule has 0 spiro atoms. The van der Waals surface area contributed by atoms with E-state index in [0.29, 0.717) is 12.8 Å². The van der Waals surface area contributed by atoms with Crippen molar-refractivity contribution in [3.63, 3.8) is 0 Å². The van der Waals surface area contributed by atoms with Gasteiger partial charge in [0.1, 0.15) is 0 Å². The van der Waals surface area contributed by atoms with Crippen LogP contribution in [-0.4, -0.2) is 26.8 Å². The van der Waals surface area contributed by atoms with E-state index >= 15 is 0 Å². The topological polar surface area (TPSA) is 84.2 Å². The lowest BCUT2D eigenvalue weighted by atomic mass is 9.98. The summed E-state index contributed by atoms with van der Waals surface area (Å²) in [6.45, 7) is 1.91. The first-order chi connectivity index (χ1) is 11.0. The molecule has 1 aromatic carbocycles. The SMILES string of the molecule is Cc1ccccc1C(CC(=O)O)NC(=O)CCc1cnn(C)c1. The van der Waals surface area contributed by atoms with Crippen LogP contribution in [0.3, 0.4) is 0 Å². The first kappa shape index (κ1) is 16.7. The number of amides is 1. The third kappa shape index (κ3) is 4.95. The van der Waals surface area contributed by atoms with E-state index < -0.39 is 12.0 Å². The summed E-state index contributed by atoms with van der Waals surface area (Å²) in [4.78, 5) is 23.3. The second-order valence-electron chi connectivity index (χ2n) is 5.60. The summed E-state index contributed by atoms with van der Waals surface area (Å²) in [5, 5.41) is 16.0. The second kappa shape index (κ2) is 7.58. The van der Waals surface area contributed by atoms with E-state index in [4.69, 9.17) is 5.11 Å². The van der Waals surface area contributed by atoms with Crippen LogP contribution in [0.1, 0.15) is 35.6 Å². The van der Waals surface area contributed by atoms with Crippen LogP contribution in [0.15, 0.2) is 36.7 Å². The smallest absolute Gasteiger partial charge is 0.305 e. The fourth-order valence-corrected chi connectivity index (χ4v) is 2.52. The quantitative estimate of drug-likeness (QED) is 0.818. The van der Waals surface area contributed by atoms with E-state index in [1.807, 2.05) is 44.4 Å². The van der Waals surface area contributed by atoms with Crippen LogP contribution in [0.25, 0.3) is 0 Å². The lowest BCUT2D eigenvalue weighted by molar-refractivity contribution is -0.137. The Kier molecular flexibility index (Phi) is 5.51. The number of aryl methyl sites for hydroxylation is 3. The van der Waals surface area contributed by atoms with Gasteiger partial charge in [0.2, 0.25) is 5.91 Å². The van der Waals surface area contributed by atoms with Gasteiger partial charge in [-0.1, -0.05) is 24.3 Å². The predicted molar refractivity (Wildman–Crippen MR) is 85.8 cm³/mol. The van der Waals surface area contributed by atoms with Crippen molar-refractivity contribution in [2.24, 2.45) is 7.05 Å². The summed E-state index contributed by atoms with van der Waals surface area (Å²) in [6.07, 6.45) is 4.33. The Labute approximate surface area is 135 Å². The van der Waals surface area contributed by atoms with Gasteiger partial charge in [-0.2, -0.15) is 5.10 Å². The van der Waals surface area contributed by atoms with E-state index in [1.165, 1.54) is 0 Å². The van der Waals surface area contributed by atoms with Crippen LogP contribution in [0, 0.1) is 6.92 Å². The van der Waals surface area contributed by atoms with Gasteiger partial charge in [0.25, 0.3) is 0 Å². The monoisotopic (exact) mass is 315 g/mol. The van der Waals surface area contributed by atoms with E-state index in [9.17, 15) is 9.59 Å². The highest BCUT2D eigenvalue weighted by Crippen LogP contribution is 2.21. The largest absolute Gasteiger partial charge is 0.481 e. The van der Waals surface area contributed by atoms with Crippen LogP contribution >= 0.6 is 0 Å². The number of benzene rings is 1. The molecule has 0 aliphatic carbocycles. The number of carboxylic acids is 1. The number of carbonyl (C=O) groups excluding carboxylic acids is 1. The fourth-order valence-electron chi connectivity index (χ4n) is 2.52. The van der Waals surface area contributed by atoms with Crippen LogP contribution in [-0.2, 0) is 23.1 Å². The number of aliphatic carboxylic acids is 1. The number of carbonyl (C=O) groups is 2. The molecule has 6 heteroatoms. The minimum absolute atomic E-state index is 0.135. The van der Waals surface area contributed by atoms with E-state index in [0.717, 1.165) is 16.7 Å². The van der Waals surface area contributed by atoms with Crippen LogP contribution in [0.4, 0.5) is 0 Å². The summed E-state index contributed by atoms with van der Waals surface area (Å²) in [7, 11) is 1.82. The molecule has 0 aliphatic heterocycles. The Morgan fingerprint density at radius 1 is 1.35 bits per heavy atom. The Hall–Kier alpha value is -2.63. The van der Waals surface area contributed by atoms with Gasteiger partial charge in [-0.05, 0) is 30.0 Å². The minimum atomic E-state index is -0.939. The molecule has 122 valence electrons. The van der Waals surface area contributed by atoms with Crippen molar-refractivity contribution in [1.82, 2.24) is 15.1 Å². The van der Waals surface area contributed by atoms with Gasteiger partial charge >= 0.3 is 5.97 Å². The van der Waals surface area contributed by atoms with E-state index in [2.05, 4.69) is 10.4 Å². The molecule has 0 saturated heterocycles. The summed E-state index contributed by atoms with van der Waals surface area (Å²) in [6, 6.07) is 6.98. The summed E-state index contributed by atoms with van der Waals surface area (Å²) in [5.41, 5.74) is 2.78. The van der Waals surface area contributed by atoms with Gasteiger partial charge in [-0.15, -0.1) is 0 Å². The normalized spacial score (nSPS) is 11.9. The van der Waals surface area contributed by atoms with Gasteiger partial charge in [0, 0.05) is 19.7 Å². The molecule has 2 aromatic rings. The van der Waals surface area contributed by atoms with Crippen molar-refractivity contribution in [2.75, 3.05) is 0 Å². The highest BCUT2D eigenvalue weighted by atomic mass is 16.4. The zero-order chi connectivity index (χ0) is 16.8. The van der Waals surface area contributed by atoms with Crippen molar-refractivity contribution in [1.29, 1.82) is 0 Å². The zero-order valence-electron chi connectivity index (χ0n) is 13.3. The lowest BCUT2D eigenvalue weighted by Crippen LogP contribution is -2.30. The highest BCUT2D eigenvalue weighted by molar-refractivity contribution is 5.78. The van der Waals surface area contributed by atoms with Crippen molar-refractivity contribution in [3.05, 3.63) is 53.3 Å². The third-order valence-corrected chi connectivity index (χ3v) is 3.68. The molecule has 6 nitrogen and oxygen atoms in total. The predicted octanol–water partition coefficient (Wildman–Crippen LogP) is 1.99. The number of rotatable bonds is 7. The van der Waals surface area contributed by atoms with Crippen LogP contribution in [0.2, 0.25) is 0 Å². The molecule has 1 heterocycles. The zero-order valence-corrected chi connectivity index (χ0v) is 13.3. The maximum Gasteiger partial charge on any atom is 0.305 e. The molecule has 0 radical (unpaired) electrons. The van der Waals surface area contributed by atoms with Gasteiger partial charge < -0.3 is 10.4 Å². The Morgan fingerprint density at radius 2 is 2.09 bits per heavy atom. The molecule has 0 bridgehead atoms. The molecular formula is C17H21N3O3. The molecule has 0 aliphatic rings. The van der Waals surface area contributed by atoms with Crippen LogP contribution < -0.4 is 5.32 Å². The van der Waals surface area contributed by atoms with Gasteiger partial charge in [-0.3, -0.25) is 14.3 Å². The van der Waals surface area contributed by atoms with Gasteiger partial charge in [0.05, 0.1) is 18.7 Å². The molecule has 23 heavy (non-hydrogen) atoms. The fraction of sp³-hybridized carbons (Fsp3) is 0.353. The highest BCUT2D eigenvalue weighted by Gasteiger charge is 2.19. The first-order valence-electron chi connectivity index (χ1n) is 7.50. The molecule has 1 unspecified atom stereocenters. The summed E-state index contributed by atoms with van der Waals surface area (Å²) >= 11 is 0. The Balaban J connectivity index is 2.01. The maximum absolute atomic E-state index is 12.2. The number of hydrogen-bond donors (Lipinski definition) is 2. The van der Waals surface area contributed by atoms with Crippen LogP contribution in [0.5, 0.6) is 0 Å². The number of aromatic nitrogens is 2. The average Bonchev–Trinajstić information content (AvgIpc) is 2.90. The molecule has 2 N–H and O–H groups in total. The molecular weight excluding hydrogens is 294 g/mol. The van der Waals surface area contributed by atoms with Gasteiger partial charge in [0.15, 0.2) is 0 Å². The number of carboxylic acid groups (broad SMARTS) is 1. The third-order valence-electron chi connectivity index (χ3n) is 3.68. The molecule has 2 rings (SSSR count). The van der Waals surface area contributed by atoms with E-state index in [1.54, 1.807) is 10.9 Å². The van der Waals surface area contributed by atoms with E-state index in [-0.39, 0.29) is 12.3 Å². The maximum atomic E-state index is 12.2. The Morgan fingerprint density at radius 3 is 2.70 bits per heavy atom. The summed E-state index contributed by atoms with van der Waals surface area (Å²) < 4.78 is 1.69. The number of hydrogen-bond acceptors (Lipinski definition) is 3. The van der Waals surface area contributed by atoms with Crippen molar-refractivity contribution >= 4 is 11.9 Å². The lowest BCUT2D eigenvalue weighted by Gasteiger charge is -2.19. The van der Waals surface area contributed by atoms with Gasteiger partial charge in [-0.25, -0.2) is 0 Å². The minimum Gasteiger partial charge on any atom is -0.481 e. The van der Waals surface area contributed by atoms with Crippen molar-refractivity contribution in [2.45, 2.75) is 32.2 Å². The number of nitrogens with zero attached hydrogens (tertiary/aromatic N) is 2. The summed E-state index contributed by atoms with van der Waals surface area (Å²) in [5.74, 6) is -1.10. The Bertz CT molecular complexity index is 694. The standard InChI is InChI=1S/C17H21N3O3/c1-12-5-3-4-6-14(12)15(9-17(22)23)19-16(21)8-7-13-10-18-20(2)11-13/h3-6,10-11,15H,7-9H2,1-2H3,(H,19,21)(H,22,23). The molecule has 0 saturated carbocycles. The number of nitrogens with one attached hydrogen (secondary N) is 1. The molecule has 1 amide bonds. The molecule has 0 fully saturated rings.